The molecule has 1 aliphatic carbocycles. The van der Waals surface area contributed by atoms with Crippen LogP contribution in [0.25, 0.3) is 11.0 Å². The van der Waals surface area contributed by atoms with Crippen molar-refractivity contribution in [2.75, 3.05) is 19.7 Å². The van der Waals surface area contributed by atoms with Crippen LogP contribution in [-0.2, 0) is 30.6 Å². The van der Waals surface area contributed by atoms with E-state index in [-0.39, 0.29) is 35.6 Å². The zero-order valence-corrected chi connectivity index (χ0v) is 23.8. The molecule has 1 saturated heterocycles. The molecule has 2 bridgehead atoms. The minimum Gasteiger partial charge on any atom is -0.487 e. The number of hydrogen-bond acceptors (Lipinski definition) is 8. The highest BCUT2D eigenvalue weighted by Gasteiger charge is 2.38. The summed E-state index contributed by atoms with van der Waals surface area (Å²) < 4.78 is 20.0. The molecular formula is C31H33N3O8. The van der Waals surface area contributed by atoms with Gasteiger partial charge in [0, 0.05) is 54.5 Å². The molecule has 0 spiro atoms. The summed E-state index contributed by atoms with van der Waals surface area (Å²) in [7, 11) is 0. The van der Waals surface area contributed by atoms with E-state index in [0.717, 1.165) is 54.3 Å². The van der Waals surface area contributed by atoms with Gasteiger partial charge in [-0.05, 0) is 76.3 Å². The number of benzene rings is 1. The van der Waals surface area contributed by atoms with E-state index in [1.165, 1.54) is 10.6 Å². The second-order valence-electron chi connectivity index (χ2n) is 12.7. The number of ether oxygens (including phenoxy) is 2. The molecule has 11 nitrogen and oxygen atoms in total. The molecule has 2 atom stereocenters. The smallest absolute Gasteiger partial charge is 0.339 e. The number of carbonyl (C=O) groups excluding carboxylic acids is 1. The molecule has 5 heterocycles. The number of rotatable bonds is 4. The standard InChI is InChI=1S/C31H33N3O8/c1-31(2)10-9-21-24(42-31)12-25(27-19-5-3-4-6-20(19)30(37)41-28(21)27)40-16-26(35)32-13-17-11-18(15-32)22-7-8-23(34(38)39)29(36)33(22)14-17/h7-8,12,17-18H,3-6,9-11,13-16H2,1-2H3/t17-,18+/m0/s1. The van der Waals surface area contributed by atoms with Crippen LogP contribution in [-0.4, -0.2) is 45.6 Å². The third-order valence-electron chi connectivity index (χ3n) is 9.37. The molecule has 0 unspecified atom stereocenters. The first kappa shape index (κ1) is 26.7. The van der Waals surface area contributed by atoms with Crippen molar-refractivity contribution in [3.63, 3.8) is 0 Å². The lowest BCUT2D eigenvalue weighted by Crippen LogP contribution is -2.50. The molecule has 11 heteroatoms. The van der Waals surface area contributed by atoms with Crippen LogP contribution in [0.3, 0.4) is 0 Å². The summed E-state index contributed by atoms with van der Waals surface area (Å²) in [4.78, 5) is 51.6. The molecular weight excluding hydrogens is 542 g/mol. The summed E-state index contributed by atoms with van der Waals surface area (Å²) in [5.41, 5.74) is 2.03. The average molecular weight is 576 g/mol. The third-order valence-corrected chi connectivity index (χ3v) is 9.37. The van der Waals surface area contributed by atoms with Crippen LogP contribution in [0.1, 0.15) is 67.8 Å². The predicted molar refractivity (Wildman–Crippen MR) is 152 cm³/mol. The molecule has 42 heavy (non-hydrogen) atoms. The molecule has 3 aromatic rings. The second-order valence-corrected chi connectivity index (χ2v) is 12.7. The van der Waals surface area contributed by atoms with Crippen molar-refractivity contribution in [1.82, 2.24) is 9.47 Å². The van der Waals surface area contributed by atoms with Crippen LogP contribution in [0.2, 0.25) is 0 Å². The number of likely N-dealkylation sites (tertiary alicyclic amines) is 1. The van der Waals surface area contributed by atoms with Crippen LogP contribution in [0.5, 0.6) is 11.5 Å². The van der Waals surface area contributed by atoms with Gasteiger partial charge in [0.1, 0.15) is 22.7 Å². The summed E-state index contributed by atoms with van der Waals surface area (Å²) >= 11 is 0. The average Bonchev–Trinajstić information content (AvgIpc) is 2.95. The van der Waals surface area contributed by atoms with Gasteiger partial charge >= 0.3 is 16.9 Å². The van der Waals surface area contributed by atoms with Crippen LogP contribution in [0, 0.1) is 16.0 Å². The Labute approximate surface area is 241 Å². The van der Waals surface area contributed by atoms with Crippen molar-refractivity contribution in [2.45, 2.75) is 76.9 Å². The highest BCUT2D eigenvalue weighted by Crippen LogP contribution is 2.44. The zero-order chi connectivity index (χ0) is 29.3. The Morgan fingerprint density at radius 3 is 2.67 bits per heavy atom. The number of amides is 1. The van der Waals surface area contributed by atoms with Crippen molar-refractivity contribution < 1.29 is 23.6 Å². The van der Waals surface area contributed by atoms with E-state index in [0.29, 0.717) is 55.1 Å². The lowest BCUT2D eigenvalue weighted by atomic mass is 9.83. The Hall–Kier alpha value is -4.15. The summed E-state index contributed by atoms with van der Waals surface area (Å²) in [6, 6.07) is 4.76. The first-order valence-corrected chi connectivity index (χ1v) is 14.7. The molecule has 7 rings (SSSR count). The Morgan fingerprint density at radius 1 is 1.10 bits per heavy atom. The Morgan fingerprint density at radius 2 is 1.88 bits per heavy atom. The van der Waals surface area contributed by atoms with E-state index in [9.17, 15) is 24.5 Å². The second kappa shape index (κ2) is 9.71. The number of hydrogen-bond donors (Lipinski definition) is 0. The third kappa shape index (κ3) is 4.37. The van der Waals surface area contributed by atoms with Gasteiger partial charge in [0.2, 0.25) is 0 Å². The van der Waals surface area contributed by atoms with E-state index < -0.39 is 16.2 Å². The first-order chi connectivity index (χ1) is 20.1. The molecule has 3 aliphatic heterocycles. The van der Waals surface area contributed by atoms with Crippen molar-refractivity contribution in [1.29, 1.82) is 0 Å². The number of piperidine rings is 1. The Kier molecular flexibility index (Phi) is 6.18. The SMILES string of the molecule is CC1(C)CCc2c(cc(OCC(=O)N3C[C@@H]4C[C@H](C3)c3ccc([N+](=O)[O-])c(=O)n3C4)c3c4c(c(=O)oc23)CCCC4)O1. The normalized spacial score (nSPS) is 22.0. The van der Waals surface area contributed by atoms with Gasteiger partial charge in [-0.3, -0.25) is 19.7 Å². The first-order valence-electron chi connectivity index (χ1n) is 14.7. The van der Waals surface area contributed by atoms with Gasteiger partial charge in [-0.1, -0.05) is 0 Å². The maximum Gasteiger partial charge on any atom is 0.339 e. The van der Waals surface area contributed by atoms with Gasteiger partial charge in [-0.15, -0.1) is 0 Å². The number of fused-ring (bicyclic) bond motifs is 9. The van der Waals surface area contributed by atoms with E-state index in [2.05, 4.69) is 0 Å². The fourth-order valence-electron chi connectivity index (χ4n) is 7.34. The summed E-state index contributed by atoms with van der Waals surface area (Å²) in [5, 5.41) is 12.0. The highest BCUT2D eigenvalue weighted by atomic mass is 16.6. The van der Waals surface area contributed by atoms with Gasteiger partial charge in [-0.25, -0.2) is 4.79 Å². The van der Waals surface area contributed by atoms with Crippen LogP contribution in [0.15, 0.2) is 32.2 Å². The molecule has 1 fully saturated rings. The van der Waals surface area contributed by atoms with E-state index >= 15 is 0 Å². The van der Waals surface area contributed by atoms with Crippen LogP contribution in [0.4, 0.5) is 5.69 Å². The maximum absolute atomic E-state index is 13.5. The summed E-state index contributed by atoms with van der Waals surface area (Å²) in [6.07, 6.45) is 5.62. The van der Waals surface area contributed by atoms with E-state index in [1.54, 1.807) is 11.0 Å². The molecule has 0 radical (unpaired) electrons. The van der Waals surface area contributed by atoms with Crippen molar-refractivity contribution >= 4 is 22.6 Å². The Bertz CT molecular complexity index is 1770. The number of aromatic nitrogens is 1. The fraction of sp³-hybridized carbons (Fsp3) is 0.516. The van der Waals surface area contributed by atoms with E-state index in [4.69, 9.17) is 13.9 Å². The van der Waals surface area contributed by atoms with Crippen molar-refractivity contribution in [2.24, 2.45) is 5.92 Å². The highest BCUT2D eigenvalue weighted by molar-refractivity contribution is 5.93. The molecule has 220 valence electrons. The maximum atomic E-state index is 13.5. The van der Waals surface area contributed by atoms with Gasteiger partial charge < -0.3 is 23.4 Å². The van der Waals surface area contributed by atoms with Gasteiger partial charge in [0.15, 0.2) is 6.61 Å². The van der Waals surface area contributed by atoms with Crippen molar-refractivity contribution in [3.05, 3.63) is 71.5 Å². The Balaban J connectivity index is 1.18. The number of carbonyl (C=O) groups is 1. The monoisotopic (exact) mass is 575 g/mol. The summed E-state index contributed by atoms with van der Waals surface area (Å²) in [5.74, 6) is 0.848. The number of nitrogens with zero attached hydrogens (tertiary/aromatic N) is 3. The molecule has 2 aromatic heterocycles. The zero-order valence-electron chi connectivity index (χ0n) is 23.8. The molecule has 1 aromatic carbocycles. The van der Waals surface area contributed by atoms with Crippen molar-refractivity contribution in [3.8, 4) is 11.5 Å². The predicted octanol–water partition coefficient (Wildman–Crippen LogP) is 3.87. The van der Waals surface area contributed by atoms with Crippen LogP contribution >= 0.6 is 0 Å². The summed E-state index contributed by atoms with van der Waals surface area (Å²) in [6.45, 7) is 5.03. The van der Waals surface area contributed by atoms with Gasteiger partial charge in [0.25, 0.3) is 5.91 Å². The molecule has 0 N–H and O–H groups in total. The van der Waals surface area contributed by atoms with E-state index in [1.807, 2.05) is 19.9 Å². The lowest BCUT2D eigenvalue weighted by molar-refractivity contribution is -0.386. The largest absolute Gasteiger partial charge is 0.487 e. The van der Waals surface area contributed by atoms with Gasteiger partial charge in [-0.2, -0.15) is 0 Å². The quantitative estimate of drug-likeness (QED) is 0.260. The number of aryl methyl sites for hydroxylation is 2. The minimum atomic E-state index is -0.647. The molecule has 0 saturated carbocycles. The lowest BCUT2D eigenvalue weighted by Gasteiger charge is -2.42. The number of nitro groups is 1. The molecule has 1 amide bonds. The molecule has 4 aliphatic rings. The fourth-order valence-corrected chi connectivity index (χ4v) is 7.34. The van der Waals surface area contributed by atoms with Crippen LogP contribution < -0.4 is 20.7 Å². The topological polar surface area (TPSA) is 134 Å². The number of pyridine rings is 1. The van der Waals surface area contributed by atoms with Gasteiger partial charge in [0.05, 0.1) is 10.3 Å². The minimum absolute atomic E-state index is 0.0152.